The molecule has 1 aromatic heterocycles. The van der Waals surface area contributed by atoms with Crippen molar-refractivity contribution in [3.05, 3.63) is 5.56 Å². The smallest absolute Gasteiger partial charge is 0.342 e. The zero-order chi connectivity index (χ0) is 15.4. The topological polar surface area (TPSA) is 101 Å². The Morgan fingerprint density at radius 2 is 2.14 bits per heavy atom. The van der Waals surface area contributed by atoms with E-state index >= 15 is 0 Å². The molecule has 0 radical (unpaired) electrons. The number of rotatable bonds is 5. The molecule has 0 bridgehead atoms. The summed E-state index contributed by atoms with van der Waals surface area (Å²) in [6.45, 7) is 2.03. The van der Waals surface area contributed by atoms with Gasteiger partial charge in [-0.2, -0.15) is 5.10 Å². The first-order chi connectivity index (χ1) is 10.1. The van der Waals surface area contributed by atoms with Crippen molar-refractivity contribution in [2.24, 2.45) is 0 Å². The third kappa shape index (κ3) is 3.52. The van der Waals surface area contributed by atoms with Crippen LogP contribution in [-0.2, 0) is 0 Å². The van der Waals surface area contributed by atoms with E-state index in [4.69, 9.17) is 5.73 Å². The number of carboxylic acid groups (broad SMARTS) is 1. The number of nitrogens with two attached hydrogens (primary N) is 1. The monoisotopic (exact) mass is 313 g/mol. The van der Waals surface area contributed by atoms with Crippen LogP contribution in [0.4, 0.5) is 5.82 Å². The van der Waals surface area contributed by atoms with E-state index in [9.17, 15) is 15.0 Å². The first-order valence-electron chi connectivity index (χ1n) is 7.48. The van der Waals surface area contributed by atoms with Gasteiger partial charge in [0.15, 0.2) is 0 Å². The Bertz CT molecular complexity index is 504. The van der Waals surface area contributed by atoms with Gasteiger partial charge in [0.2, 0.25) is 0 Å². The summed E-state index contributed by atoms with van der Waals surface area (Å²) in [4.78, 5) is 11.4. The Hall–Kier alpha value is -1.21. The normalized spacial score (nSPS) is 23.0. The lowest BCUT2D eigenvalue weighted by Gasteiger charge is -2.21. The molecule has 0 spiro atoms. The van der Waals surface area contributed by atoms with Crippen molar-refractivity contribution in [2.75, 3.05) is 11.5 Å². The summed E-state index contributed by atoms with van der Waals surface area (Å²) in [5, 5.41) is 24.5. The molecule has 1 aliphatic carbocycles. The van der Waals surface area contributed by atoms with Crippen LogP contribution in [0.3, 0.4) is 0 Å². The molecule has 2 rings (SSSR count). The number of nitrogen functional groups attached to an aromatic ring is 1. The number of hydrogen-bond donors (Lipinski definition) is 3. The number of thioether (sulfide) groups is 1. The van der Waals surface area contributed by atoms with E-state index in [1.165, 1.54) is 16.4 Å². The Labute approximate surface area is 128 Å². The molecule has 1 aliphatic rings. The number of hydrogen-bond acceptors (Lipinski definition) is 5. The molecule has 1 saturated carbocycles. The summed E-state index contributed by atoms with van der Waals surface area (Å²) in [6, 6.07) is -0.221. The summed E-state index contributed by atoms with van der Waals surface area (Å²) >= 11 is 1.41. The highest BCUT2D eigenvalue weighted by molar-refractivity contribution is 7.99. The molecular formula is C14H23N3O3S. The number of aliphatic hydroxyl groups excluding tert-OH is 1. The molecule has 1 aromatic rings. The average molecular weight is 313 g/mol. The zero-order valence-corrected chi connectivity index (χ0v) is 13.1. The number of carboxylic acids is 1. The van der Waals surface area contributed by atoms with E-state index in [-0.39, 0.29) is 17.4 Å². The average Bonchev–Trinajstić information content (AvgIpc) is 2.61. The minimum absolute atomic E-state index is 0.0740. The second-order valence-electron chi connectivity index (χ2n) is 5.44. The van der Waals surface area contributed by atoms with E-state index in [2.05, 4.69) is 5.10 Å². The fourth-order valence-corrected chi connectivity index (χ4v) is 3.61. The molecule has 2 atom stereocenters. The van der Waals surface area contributed by atoms with E-state index in [1.807, 2.05) is 6.92 Å². The van der Waals surface area contributed by atoms with E-state index in [0.717, 1.165) is 37.9 Å². The van der Waals surface area contributed by atoms with Gasteiger partial charge in [-0.3, -0.25) is 0 Å². The SMILES string of the molecule is CCCSc1nn(C2CCCCCC2O)c(N)c1C(=O)O. The molecule has 21 heavy (non-hydrogen) atoms. The molecule has 4 N–H and O–H groups in total. The summed E-state index contributed by atoms with van der Waals surface area (Å²) in [7, 11) is 0. The maximum atomic E-state index is 11.4. The standard InChI is InChI=1S/C14H23N3O3S/c1-2-8-21-13-11(14(19)20)12(15)17(16-13)9-6-4-3-5-7-10(9)18/h9-10,18H,2-8,15H2,1H3,(H,19,20). The fraction of sp³-hybridized carbons (Fsp3) is 0.714. The Morgan fingerprint density at radius 1 is 1.43 bits per heavy atom. The van der Waals surface area contributed by atoms with Crippen molar-refractivity contribution in [3.8, 4) is 0 Å². The van der Waals surface area contributed by atoms with Gasteiger partial charge in [0.1, 0.15) is 16.4 Å². The molecule has 6 nitrogen and oxygen atoms in total. The van der Waals surface area contributed by atoms with Crippen LogP contribution in [0.2, 0.25) is 0 Å². The minimum atomic E-state index is -1.06. The number of anilines is 1. The van der Waals surface area contributed by atoms with Gasteiger partial charge in [-0.15, -0.1) is 11.8 Å². The zero-order valence-electron chi connectivity index (χ0n) is 12.3. The van der Waals surface area contributed by atoms with Crippen LogP contribution in [0.1, 0.15) is 61.8 Å². The Morgan fingerprint density at radius 3 is 2.81 bits per heavy atom. The molecule has 1 fully saturated rings. The highest BCUT2D eigenvalue weighted by Gasteiger charge is 2.30. The maximum Gasteiger partial charge on any atom is 0.342 e. The van der Waals surface area contributed by atoms with Crippen LogP contribution < -0.4 is 5.73 Å². The lowest BCUT2D eigenvalue weighted by molar-refractivity contribution is 0.0693. The lowest BCUT2D eigenvalue weighted by atomic mass is 10.1. The van der Waals surface area contributed by atoms with E-state index in [1.54, 1.807) is 0 Å². The van der Waals surface area contributed by atoms with Crippen LogP contribution in [0.15, 0.2) is 5.03 Å². The Kier molecular flexibility index (Phi) is 5.52. The number of carbonyl (C=O) groups is 1. The molecule has 0 aliphatic heterocycles. The van der Waals surface area contributed by atoms with Gasteiger partial charge in [-0.05, 0) is 25.0 Å². The third-order valence-electron chi connectivity index (χ3n) is 3.83. The summed E-state index contributed by atoms with van der Waals surface area (Å²) in [5.74, 6) is -0.100. The van der Waals surface area contributed by atoms with Gasteiger partial charge in [0.25, 0.3) is 0 Å². The fourth-order valence-electron chi connectivity index (χ4n) is 2.73. The van der Waals surface area contributed by atoms with Gasteiger partial charge in [0, 0.05) is 0 Å². The van der Waals surface area contributed by atoms with Crippen molar-refractivity contribution in [3.63, 3.8) is 0 Å². The van der Waals surface area contributed by atoms with Crippen LogP contribution in [0.25, 0.3) is 0 Å². The van der Waals surface area contributed by atoms with Crippen molar-refractivity contribution >= 4 is 23.5 Å². The molecule has 7 heteroatoms. The molecule has 1 heterocycles. The predicted octanol–water partition coefficient (Wildman–Crippen LogP) is 2.53. The summed E-state index contributed by atoms with van der Waals surface area (Å²) in [6.07, 6.45) is 4.98. The van der Waals surface area contributed by atoms with Crippen LogP contribution in [-0.4, -0.2) is 37.8 Å². The second-order valence-corrected chi connectivity index (χ2v) is 6.52. The molecule has 0 aromatic carbocycles. The van der Waals surface area contributed by atoms with E-state index < -0.39 is 12.1 Å². The molecule has 118 valence electrons. The second kappa shape index (κ2) is 7.17. The van der Waals surface area contributed by atoms with Gasteiger partial charge >= 0.3 is 5.97 Å². The summed E-state index contributed by atoms with van der Waals surface area (Å²) in [5.41, 5.74) is 6.09. The molecule has 0 saturated heterocycles. The van der Waals surface area contributed by atoms with Crippen LogP contribution in [0.5, 0.6) is 0 Å². The van der Waals surface area contributed by atoms with Crippen LogP contribution in [0, 0.1) is 0 Å². The lowest BCUT2D eigenvalue weighted by Crippen LogP contribution is -2.25. The predicted molar refractivity (Wildman–Crippen MR) is 82.7 cm³/mol. The Balaban J connectivity index is 2.36. The largest absolute Gasteiger partial charge is 0.477 e. The first-order valence-corrected chi connectivity index (χ1v) is 8.47. The van der Waals surface area contributed by atoms with Gasteiger partial charge in [-0.25, -0.2) is 9.48 Å². The van der Waals surface area contributed by atoms with Crippen molar-refractivity contribution in [2.45, 2.75) is 62.6 Å². The quantitative estimate of drug-likeness (QED) is 0.570. The third-order valence-corrected chi connectivity index (χ3v) is 5.00. The molecule has 2 unspecified atom stereocenters. The molecule has 0 amide bonds. The number of aromatic carboxylic acids is 1. The van der Waals surface area contributed by atoms with Crippen LogP contribution >= 0.6 is 11.8 Å². The van der Waals surface area contributed by atoms with Crippen molar-refractivity contribution in [1.29, 1.82) is 0 Å². The van der Waals surface area contributed by atoms with Gasteiger partial charge in [0.05, 0.1) is 12.1 Å². The van der Waals surface area contributed by atoms with Crippen molar-refractivity contribution in [1.82, 2.24) is 9.78 Å². The van der Waals surface area contributed by atoms with Gasteiger partial charge < -0.3 is 15.9 Å². The molecular weight excluding hydrogens is 290 g/mol. The maximum absolute atomic E-state index is 11.4. The van der Waals surface area contributed by atoms with Gasteiger partial charge in [-0.1, -0.05) is 26.2 Å². The van der Waals surface area contributed by atoms with E-state index in [0.29, 0.717) is 11.4 Å². The highest BCUT2D eigenvalue weighted by Crippen LogP contribution is 2.34. The number of aliphatic hydroxyl groups is 1. The van der Waals surface area contributed by atoms with Crippen molar-refractivity contribution < 1.29 is 15.0 Å². The number of aromatic nitrogens is 2. The summed E-state index contributed by atoms with van der Waals surface area (Å²) < 4.78 is 1.54. The first kappa shape index (κ1) is 16.2. The minimum Gasteiger partial charge on any atom is -0.477 e. The number of nitrogens with zero attached hydrogens (tertiary/aromatic N) is 2. The highest BCUT2D eigenvalue weighted by atomic mass is 32.2.